The topological polar surface area (TPSA) is 49.4 Å². The summed E-state index contributed by atoms with van der Waals surface area (Å²) in [5.74, 6) is -0.301. The van der Waals surface area contributed by atoms with Crippen LogP contribution in [0.2, 0.25) is 5.02 Å². The van der Waals surface area contributed by atoms with E-state index < -0.39 is 5.54 Å². The Hall–Kier alpha value is -1.07. The van der Waals surface area contributed by atoms with Gasteiger partial charge in [-0.25, -0.2) is 0 Å². The number of carbonyl (C=O) groups excluding carboxylic acids is 2. The van der Waals surface area contributed by atoms with Gasteiger partial charge in [-0.15, -0.1) is 0 Å². The van der Waals surface area contributed by atoms with Crippen molar-refractivity contribution in [3.63, 3.8) is 0 Å². The fourth-order valence-electron chi connectivity index (χ4n) is 2.04. The number of hydrogen-bond acceptors (Lipinski definition) is 2. The van der Waals surface area contributed by atoms with Gasteiger partial charge >= 0.3 is 0 Å². The lowest BCUT2D eigenvalue weighted by Crippen LogP contribution is -2.53. The highest BCUT2D eigenvalue weighted by atomic mass is 79.9. The Morgan fingerprint density at radius 3 is 2.74 bits per heavy atom. The van der Waals surface area contributed by atoms with Gasteiger partial charge < -0.3 is 10.2 Å². The van der Waals surface area contributed by atoms with Crippen LogP contribution in [0.1, 0.15) is 20.3 Å². The molecule has 1 fully saturated rings. The van der Waals surface area contributed by atoms with Crippen molar-refractivity contribution < 1.29 is 9.59 Å². The quantitative estimate of drug-likeness (QED) is 0.851. The van der Waals surface area contributed by atoms with E-state index in [4.69, 9.17) is 11.6 Å². The van der Waals surface area contributed by atoms with Crippen LogP contribution >= 0.6 is 27.5 Å². The van der Waals surface area contributed by atoms with Gasteiger partial charge in [-0.1, -0.05) is 27.5 Å². The number of nitrogens with zero attached hydrogens (tertiary/aromatic N) is 1. The predicted octanol–water partition coefficient (Wildman–Crippen LogP) is 2.73. The number of nitrogens with one attached hydrogen (secondary N) is 1. The van der Waals surface area contributed by atoms with Crippen LogP contribution in [0.3, 0.4) is 0 Å². The van der Waals surface area contributed by atoms with Crippen molar-refractivity contribution in [1.82, 2.24) is 5.32 Å². The normalized spacial score (nSPS) is 19.1. The Morgan fingerprint density at radius 1 is 1.37 bits per heavy atom. The van der Waals surface area contributed by atoms with E-state index in [9.17, 15) is 9.59 Å². The second-order valence-electron chi connectivity index (χ2n) is 4.98. The average molecular weight is 346 g/mol. The molecule has 0 aliphatic carbocycles. The van der Waals surface area contributed by atoms with Crippen LogP contribution < -0.4 is 10.2 Å². The van der Waals surface area contributed by atoms with Crippen molar-refractivity contribution in [3.05, 3.63) is 27.7 Å². The molecule has 1 aromatic rings. The van der Waals surface area contributed by atoms with Crippen LogP contribution in [0, 0.1) is 0 Å². The average Bonchev–Trinajstić information content (AvgIpc) is 2.41. The minimum atomic E-state index is -0.931. The molecule has 0 aromatic heterocycles. The van der Waals surface area contributed by atoms with Crippen LogP contribution in [-0.4, -0.2) is 23.9 Å². The van der Waals surface area contributed by atoms with Crippen molar-refractivity contribution in [2.75, 3.05) is 11.4 Å². The highest BCUT2D eigenvalue weighted by Gasteiger charge is 2.37. The van der Waals surface area contributed by atoms with Gasteiger partial charge in [-0.2, -0.15) is 0 Å². The molecule has 2 amide bonds. The zero-order valence-corrected chi connectivity index (χ0v) is 13.0. The number of halogens is 2. The molecule has 0 radical (unpaired) electrons. The Morgan fingerprint density at radius 2 is 2.05 bits per heavy atom. The number of benzene rings is 1. The van der Waals surface area contributed by atoms with Gasteiger partial charge in [-0.3, -0.25) is 9.59 Å². The smallest absolute Gasteiger partial charge is 0.252 e. The minimum absolute atomic E-state index is 0.132. The highest BCUT2D eigenvalue weighted by Crippen LogP contribution is 2.31. The molecule has 19 heavy (non-hydrogen) atoms. The zero-order valence-electron chi connectivity index (χ0n) is 10.7. The fraction of sp³-hybridized carbons (Fsp3) is 0.385. The second kappa shape index (κ2) is 5.13. The van der Waals surface area contributed by atoms with Crippen LogP contribution in [0.25, 0.3) is 0 Å². The van der Waals surface area contributed by atoms with Crippen molar-refractivity contribution in [2.24, 2.45) is 0 Å². The van der Waals surface area contributed by atoms with Crippen molar-refractivity contribution in [3.8, 4) is 0 Å². The van der Waals surface area contributed by atoms with E-state index in [1.807, 2.05) is 6.07 Å². The molecule has 1 aliphatic heterocycles. The molecule has 1 aromatic carbocycles. The first-order valence-electron chi connectivity index (χ1n) is 5.89. The summed E-state index contributed by atoms with van der Waals surface area (Å²) in [6.45, 7) is 3.71. The first-order valence-corrected chi connectivity index (χ1v) is 7.06. The Balaban J connectivity index is 2.45. The van der Waals surface area contributed by atoms with E-state index in [0.717, 1.165) is 4.47 Å². The lowest BCUT2D eigenvalue weighted by atomic mass is 10.0. The summed E-state index contributed by atoms with van der Waals surface area (Å²) >= 11 is 9.52. The molecule has 0 atom stereocenters. The van der Waals surface area contributed by atoms with E-state index in [-0.39, 0.29) is 18.2 Å². The van der Waals surface area contributed by atoms with Crippen LogP contribution in [0.15, 0.2) is 22.7 Å². The summed E-state index contributed by atoms with van der Waals surface area (Å²) in [5.41, 5.74) is -0.315. The van der Waals surface area contributed by atoms with Crippen LogP contribution in [-0.2, 0) is 9.59 Å². The third kappa shape index (κ3) is 2.92. The molecule has 6 heteroatoms. The molecule has 0 bridgehead atoms. The van der Waals surface area contributed by atoms with Crippen LogP contribution in [0.4, 0.5) is 5.69 Å². The largest absolute Gasteiger partial charge is 0.342 e. The molecular weight excluding hydrogens is 332 g/mol. The lowest BCUT2D eigenvalue weighted by Gasteiger charge is -2.29. The summed E-state index contributed by atoms with van der Waals surface area (Å²) in [6, 6.07) is 5.32. The van der Waals surface area contributed by atoms with Gasteiger partial charge in [0.1, 0.15) is 5.54 Å². The summed E-state index contributed by atoms with van der Waals surface area (Å²) in [4.78, 5) is 25.7. The first-order chi connectivity index (χ1) is 8.81. The van der Waals surface area contributed by atoms with E-state index in [1.54, 1.807) is 30.9 Å². The van der Waals surface area contributed by atoms with Gasteiger partial charge in [0.05, 0.1) is 10.7 Å². The number of carbonyl (C=O) groups is 2. The third-order valence-electron chi connectivity index (χ3n) is 2.99. The van der Waals surface area contributed by atoms with Gasteiger partial charge in [-0.05, 0) is 32.0 Å². The SMILES string of the molecule is CC1(C)NC(=O)CCN(c2cc(Br)ccc2Cl)C1=O. The summed E-state index contributed by atoms with van der Waals surface area (Å²) in [7, 11) is 0. The number of rotatable bonds is 1. The van der Waals surface area contributed by atoms with Crippen molar-refractivity contribution in [2.45, 2.75) is 25.8 Å². The first kappa shape index (κ1) is 14.3. The molecule has 0 saturated carbocycles. The lowest BCUT2D eigenvalue weighted by molar-refractivity contribution is -0.128. The molecule has 0 unspecified atom stereocenters. The number of hydrogen-bond donors (Lipinski definition) is 1. The molecule has 1 saturated heterocycles. The van der Waals surface area contributed by atoms with Crippen molar-refractivity contribution >= 4 is 45.0 Å². The van der Waals surface area contributed by atoms with E-state index in [0.29, 0.717) is 17.3 Å². The molecule has 1 aliphatic rings. The molecule has 1 N–H and O–H groups in total. The van der Waals surface area contributed by atoms with Gasteiger partial charge in [0.2, 0.25) is 5.91 Å². The van der Waals surface area contributed by atoms with Crippen molar-refractivity contribution in [1.29, 1.82) is 0 Å². The molecule has 4 nitrogen and oxygen atoms in total. The summed E-state index contributed by atoms with van der Waals surface area (Å²) in [6.07, 6.45) is 0.262. The standard InChI is InChI=1S/C13H14BrClN2O2/c1-13(2)12(19)17(6-5-11(18)16-13)10-7-8(14)3-4-9(10)15/h3-4,7H,5-6H2,1-2H3,(H,16,18). The highest BCUT2D eigenvalue weighted by molar-refractivity contribution is 9.10. The monoisotopic (exact) mass is 344 g/mol. The molecular formula is C13H14BrClN2O2. The molecule has 1 heterocycles. The summed E-state index contributed by atoms with van der Waals surface area (Å²) < 4.78 is 0.834. The van der Waals surface area contributed by atoms with Gasteiger partial charge in [0, 0.05) is 17.4 Å². The Bertz CT molecular complexity index is 545. The Kier molecular flexibility index (Phi) is 3.87. The number of anilines is 1. The molecule has 0 spiro atoms. The predicted molar refractivity (Wildman–Crippen MR) is 78.3 cm³/mol. The third-order valence-corrected chi connectivity index (χ3v) is 3.81. The molecule has 2 rings (SSSR count). The maximum absolute atomic E-state index is 12.5. The second-order valence-corrected chi connectivity index (χ2v) is 6.30. The minimum Gasteiger partial charge on any atom is -0.342 e. The van der Waals surface area contributed by atoms with Crippen LogP contribution in [0.5, 0.6) is 0 Å². The number of amides is 2. The van der Waals surface area contributed by atoms with E-state index in [1.165, 1.54) is 0 Å². The van der Waals surface area contributed by atoms with Gasteiger partial charge in [0.15, 0.2) is 0 Å². The zero-order chi connectivity index (χ0) is 14.2. The fourth-order valence-corrected chi connectivity index (χ4v) is 2.61. The van der Waals surface area contributed by atoms with E-state index in [2.05, 4.69) is 21.2 Å². The maximum atomic E-state index is 12.5. The summed E-state index contributed by atoms with van der Waals surface area (Å²) in [5, 5.41) is 3.20. The van der Waals surface area contributed by atoms with Gasteiger partial charge in [0.25, 0.3) is 5.91 Å². The van der Waals surface area contributed by atoms with E-state index >= 15 is 0 Å². The Labute approximate surface area is 125 Å². The maximum Gasteiger partial charge on any atom is 0.252 e. The molecule has 102 valence electrons.